The van der Waals surface area contributed by atoms with Gasteiger partial charge in [-0.1, -0.05) is 12.1 Å². The Hall–Kier alpha value is -2.69. The molecule has 2 aromatic carbocycles. The van der Waals surface area contributed by atoms with Crippen LogP contribution in [0.3, 0.4) is 0 Å². The standard InChI is InChI=1S/C16H16N2O3/c1-20-13-4-2-3-11(7-13)9-18-14-6-5-12(17)8-15(14)21-10-16(18)19/h2-8H,9-10,17H2,1H3. The normalized spacial score (nSPS) is 13.6. The van der Waals surface area contributed by atoms with Crippen molar-refractivity contribution in [2.45, 2.75) is 6.54 Å². The molecule has 108 valence electrons. The van der Waals surface area contributed by atoms with Crippen LogP contribution in [0.15, 0.2) is 42.5 Å². The van der Waals surface area contributed by atoms with Gasteiger partial charge in [-0.05, 0) is 29.8 Å². The van der Waals surface area contributed by atoms with Crippen molar-refractivity contribution in [1.82, 2.24) is 0 Å². The van der Waals surface area contributed by atoms with Gasteiger partial charge in [0, 0.05) is 11.8 Å². The lowest BCUT2D eigenvalue weighted by atomic mass is 10.1. The third-order valence-electron chi connectivity index (χ3n) is 3.40. The highest BCUT2D eigenvalue weighted by Crippen LogP contribution is 2.34. The molecule has 0 bridgehead atoms. The Balaban J connectivity index is 1.92. The zero-order valence-corrected chi connectivity index (χ0v) is 11.7. The highest BCUT2D eigenvalue weighted by atomic mass is 16.5. The van der Waals surface area contributed by atoms with E-state index in [1.807, 2.05) is 30.3 Å². The van der Waals surface area contributed by atoms with Gasteiger partial charge in [-0.15, -0.1) is 0 Å². The number of hydrogen-bond donors (Lipinski definition) is 1. The van der Waals surface area contributed by atoms with E-state index in [4.69, 9.17) is 15.2 Å². The van der Waals surface area contributed by atoms with Gasteiger partial charge in [-0.2, -0.15) is 0 Å². The number of carbonyl (C=O) groups is 1. The molecule has 0 atom stereocenters. The Morgan fingerprint density at radius 1 is 1.29 bits per heavy atom. The molecule has 5 heteroatoms. The van der Waals surface area contributed by atoms with Gasteiger partial charge in [0.25, 0.3) is 5.91 Å². The van der Waals surface area contributed by atoms with E-state index >= 15 is 0 Å². The van der Waals surface area contributed by atoms with E-state index in [-0.39, 0.29) is 12.5 Å². The number of ether oxygens (including phenoxy) is 2. The Morgan fingerprint density at radius 3 is 2.95 bits per heavy atom. The first-order valence-corrected chi connectivity index (χ1v) is 6.63. The number of nitrogen functional groups attached to an aromatic ring is 1. The van der Waals surface area contributed by atoms with Gasteiger partial charge in [0.1, 0.15) is 11.5 Å². The summed E-state index contributed by atoms with van der Waals surface area (Å²) >= 11 is 0. The summed E-state index contributed by atoms with van der Waals surface area (Å²) in [4.78, 5) is 13.8. The second-order valence-electron chi connectivity index (χ2n) is 4.85. The van der Waals surface area contributed by atoms with Crippen molar-refractivity contribution in [3.05, 3.63) is 48.0 Å². The molecule has 1 aliphatic heterocycles. The van der Waals surface area contributed by atoms with Crippen molar-refractivity contribution in [3.63, 3.8) is 0 Å². The minimum absolute atomic E-state index is 0.0282. The number of methoxy groups -OCH3 is 1. The minimum Gasteiger partial charge on any atom is -0.497 e. The van der Waals surface area contributed by atoms with Crippen LogP contribution < -0.4 is 20.1 Å². The Kier molecular flexibility index (Phi) is 3.39. The van der Waals surface area contributed by atoms with Gasteiger partial charge >= 0.3 is 0 Å². The molecule has 5 nitrogen and oxygen atoms in total. The van der Waals surface area contributed by atoms with Crippen molar-refractivity contribution < 1.29 is 14.3 Å². The molecular weight excluding hydrogens is 268 g/mol. The number of nitrogens with zero attached hydrogens (tertiary/aromatic N) is 1. The number of carbonyl (C=O) groups excluding carboxylic acids is 1. The summed E-state index contributed by atoms with van der Waals surface area (Å²) in [6.07, 6.45) is 0. The van der Waals surface area contributed by atoms with Crippen LogP contribution in [0, 0.1) is 0 Å². The van der Waals surface area contributed by atoms with Crippen molar-refractivity contribution in [2.75, 3.05) is 24.4 Å². The molecule has 1 amide bonds. The lowest BCUT2D eigenvalue weighted by Crippen LogP contribution is -2.38. The summed E-state index contributed by atoms with van der Waals surface area (Å²) in [7, 11) is 1.62. The monoisotopic (exact) mass is 284 g/mol. The molecule has 21 heavy (non-hydrogen) atoms. The van der Waals surface area contributed by atoms with E-state index in [1.54, 1.807) is 24.1 Å². The predicted molar refractivity (Wildman–Crippen MR) is 80.5 cm³/mol. The summed E-state index contributed by atoms with van der Waals surface area (Å²) in [6, 6.07) is 13.0. The Bertz CT molecular complexity index is 685. The van der Waals surface area contributed by atoms with Crippen molar-refractivity contribution in [1.29, 1.82) is 0 Å². The summed E-state index contributed by atoms with van der Waals surface area (Å²) in [5, 5.41) is 0. The first-order chi connectivity index (χ1) is 10.2. The van der Waals surface area contributed by atoms with Gasteiger partial charge in [0.2, 0.25) is 0 Å². The lowest BCUT2D eigenvalue weighted by Gasteiger charge is -2.29. The fraction of sp³-hybridized carbons (Fsp3) is 0.188. The topological polar surface area (TPSA) is 64.8 Å². The van der Waals surface area contributed by atoms with Crippen LogP contribution in [0.5, 0.6) is 11.5 Å². The number of hydrogen-bond acceptors (Lipinski definition) is 4. The van der Waals surface area contributed by atoms with Gasteiger partial charge in [-0.3, -0.25) is 4.79 Å². The van der Waals surface area contributed by atoms with Crippen molar-refractivity contribution in [3.8, 4) is 11.5 Å². The number of nitrogens with two attached hydrogens (primary N) is 1. The molecule has 0 spiro atoms. The third kappa shape index (κ3) is 2.63. The van der Waals surface area contributed by atoms with E-state index in [0.717, 1.165) is 17.0 Å². The zero-order chi connectivity index (χ0) is 14.8. The number of fused-ring (bicyclic) bond motifs is 1. The van der Waals surface area contributed by atoms with Crippen LogP contribution in [-0.4, -0.2) is 19.6 Å². The molecule has 0 fully saturated rings. The maximum atomic E-state index is 12.1. The van der Waals surface area contributed by atoms with E-state index in [1.165, 1.54) is 0 Å². The van der Waals surface area contributed by atoms with Crippen LogP contribution in [0.25, 0.3) is 0 Å². The molecule has 0 saturated carbocycles. The maximum Gasteiger partial charge on any atom is 0.265 e. The third-order valence-corrected chi connectivity index (χ3v) is 3.40. The average molecular weight is 284 g/mol. The fourth-order valence-corrected chi connectivity index (χ4v) is 2.35. The minimum atomic E-state index is -0.0740. The molecular formula is C16H16N2O3. The van der Waals surface area contributed by atoms with Gasteiger partial charge in [0.05, 0.1) is 19.3 Å². The second kappa shape index (κ2) is 5.36. The second-order valence-corrected chi connectivity index (χ2v) is 4.85. The summed E-state index contributed by atoms with van der Waals surface area (Å²) in [6.45, 7) is 0.497. The summed E-state index contributed by atoms with van der Waals surface area (Å²) in [5.74, 6) is 1.33. The number of anilines is 2. The van der Waals surface area contributed by atoms with E-state index in [2.05, 4.69) is 0 Å². The first kappa shape index (κ1) is 13.3. The van der Waals surface area contributed by atoms with Crippen LogP contribution >= 0.6 is 0 Å². The van der Waals surface area contributed by atoms with Crippen LogP contribution in [0.1, 0.15) is 5.56 Å². The van der Waals surface area contributed by atoms with Crippen molar-refractivity contribution >= 4 is 17.3 Å². The van der Waals surface area contributed by atoms with E-state index in [9.17, 15) is 4.79 Å². The SMILES string of the molecule is COc1cccc(CN2C(=O)COc3cc(N)ccc32)c1. The van der Waals surface area contributed by atoms with Gasteiger partial charge < -0.3 is 20.1 Å². The number of rotatable bonds is 3. The highest BCUT2D eigenvalue weighted by Gasteiger charge is 2.25. The Morgan fingerprint density at radius 2 is 2.14 bits per heavy atom. The van der Waals surface area contributed by atoms with E-state index < -0.39 is 0 Å². The highest BCUT2D eigenvalue weighted by molar-refractivity contribution is 5.98. The molecule has 3 rings (SSSR count). The van der Waals surface area contributed by atoms with Crippen LogP contribution in [0.2, 0.25) is 0 Å². The molecule has 0 aromatic heterocycles. The summed E-state index contributed by atoms with van der Waals surface area (Å²) in [5.41, 5.74) is 8.10. The van der Waals surface area contributed by atoms with E-state index in [0.29, 0.717) is 18.0 Å². The fourth-order valence-electron chi connectivity index (χ4n) is 2.35. The number of benzene rings is 2. The Labute approximate surface area is 122 Å². The molecule has 2 N–H and O–H groups in total. The largest absolute Gasteiger partial charge is 0.497 e. The molecule has 0 radical (unpaired) electrons. The van der Waals surface area contributed by atoms with Crippen LogP contribution in [-0.2, 0) is 11.3 Å². The molecule has 2 aromatic rings. The number of amides is 1. The van der Waals surface area contributed by atoms with Crippen LogP contribution in [0.4, 0.5) is 11.4 Å². The smallest absolute Gasteiger partial charge is 0.265 e. The van der Waals surface area contributed by atoms with Gasteiger partial charge in [0.15, 0.2) is 6.61 Å². The molecule has 1 heterocycles. The molecule has 0 aliphatic carbocycles. The lowest BCUT2D eigenvalue weighted by molar-refractivity contribution is -0.121. The molecule has 0 unspecified atom stereocenters. The maximum absolute atomic E-state index is 12.1. The quantitative estimate of drug-likeness (QED) is 0.878. The van der Waals surface area contributed by atoms with Crippen molar-refractivity contribution in [2.24, 2.45) is 0 Å². The summed E-state index contributed by atoms with van der Waals surface area (Å²) < 4.78 is 10.6. The molecule has 0 saturated heterocycles. The van der Waals surface area contributed by atoms with Gasteiger partial charge in [-0.25, -0.2) is 0 Å². The first-order valence-electron chi connectivity index (χ1n) is 6.63. The predicted octanol–water partition coefficient (Wildman–Crippen LogP) is 2.20. The average Bonchev–Trinajstić information content (AvgIpc) is 2.50. The molecule has 1 aliphatic rings. The zero-order valence-electron chi connectivity index (χ0n) is 11.7.